The first-order chi connectivity index (χ1) is 18.0. The number of aromatic amines is 1. The first-order valence-electron chi connectivity index (χ1n) is 13.5. The Morgan fingerprint density at radius 2 is 1.51 bits per heavy atom. The van der Waals surface area contributed by atoms with Gasteiger partial charge in [-0.1, -0.05) is 77.7 Å². The van der Waals surface area contributed by atoms with E-state index in [1.165, 1.54) is 17.5 Å². The molecule has 192 valence electrons. The molecule has 37 heavy (non-hydrogen) atoms. The molecule has 0 radical (unpaired) electrons. The van der Waals surface area contributed by atoms with Crippen LogP contribution in [0.15, 0.2) is 48.5 Å². The summed E-state index contributed by atoms with van der Waals surface area (Å²) in [6.07, 6.45) is 7.54. The van der Waals surface area contributed by atoms with E-state index in [0.717, 1.165) is 78.4 Å². The molecule has 0 aliphatic carbocycles. The van der Waals surface area contributed by atoms with Gasteiger partial charge in [0.1, 0.15) is 0 Å². The quantitative estimate of drug-likeness (QED) is 0.275. The number of rotatable bonds is 9. The molecule has 0 fully saturated rings. The number of hydrogen-bond donors (Lipinski definition) is 1. The van der Waals surface area contributed by atoms with Crippen molar-refractivity contribution in [2.75, 3.05) is 4.90 Å². The van der Waals surface area contributed by atoms with Gasteiger partial charge in [0.15, 0.2) is 11.6 Å². The maximum absolute atomic E-state index is 5.38. The van der Waals surface area contributed by atoms with Crippen LogP contribution in [0.25, 0.3) is 22.5 Å². The molecule has 2 aromatic carbocycles. The summed E-state index contributed by atoms with van der Waals surface area (Å²) in [5.41, 5.74) is 7.79. The number of nitrogens with zero attached hydrogens (tertiary/aromatic N) is 6. The minimum Gasteiger partial charge on any atom is -0.350 e. The predicted octanol–water partition coefficient (Wildman–Crippen LogP) is 6.27. The van der Waals surface area contributed by atoms with Crippen molar-refractivity contribution in [2.45, 2.75) is 84.7 Å². The molecule has 0 bridgehead atoms. The Morgan fingerprint density at radius 3 is 2.11 bits per heavy atom. The van der Waals surface area contributed by atoms with Crippen LogP contribution in [-0.4, -0.2) is 42.7 Å². The summed E-state index contributed by atoms with van der Waals surface area (Å²) >= 11 is 0. The molecule has 2 aromatic heterocycles. The zero-order valence-electron chi connectivity index (χ0n) is 22.4. The lowest BCUT2D eigenvalue weighted by atomic mass is 9.94. The van der Waals surface area contributed by atoms with E-state index in [0.29, 0.717) is 12.1 Å². The monoisotopic (exact) mass is 495 g/mol. The van der Waals surface area contributed by atoms with Crippen molar-refractivity contribution >= 4 is 5.82 Å². The first-order valence-corrected chi connectivity index (χ1v) is 13.5. The topological polar surface area (TPSA) is 83.5 Å². The van der Waals surface area contributed by atoms with E-state index in [2.05, 4.69) is 102 Å². The van der Waals surface area contributed by atoms with Crippen LogP contribution in [0.4, 0.5) is 5.82 Å². The minimum atomic E-state index is 0.355. The van der Waals surface area contributed by atoms with Crippen LogP contribution in [0.3, 0.4) is 0 Å². The fourth-order valence-corrected chi connectivity index (χ4v) is 5.35. The molecular formula is C30H37N7. The molecule has 1 aliphatic heterocycles. The van der Waals surface area contributed by atoms with Gasteiger partial charge in [-0.3, -0.25) is 0 Å². The molecule has 0 saturated carbocycles. The number of anilines is 1. The van der Waals surface area contributed by atoms with Gasteiger partial charge in [-0.25, -0.2) is 9.97 Å². The molecule has 5 rings (SSSR count). The number of fused-ring (bicyclic) bond motifs is 1. The van der Waals surface area contributed by atoms with Gasteiger partial charge in [0.05, 0.1) is 17.1 Å². The highest BCUT2D eigenvalue weighted by molar-refractivity contribution is 5.80. The molecule has 3 heterocycles. The van der Waals surface area contributed by atoms with Crippen molar-refractivity contribution in [1.29, 1.82) is 0 Å². The van der Waals surface area contributed by atoms with Gasteiger partial charge in [0.2, 0.25) is 0 Å². The van der Waals surface area contributed by atoms with Crippen LogP contribution in [0.1, 0.15) is 68.6 Å². The summed E-state index contributed by atoms with van der Waals surface area (Å²) in [5, 5.41) is 14.3. The maximum atomic E-state index is 5.38. The normalized spacial score (nSPS) is 15.3. The number of benzene rings is 2. The predicted molar refractivity (Wildman–Crippen MR) is 148 cm³/mol. The molecule has 0 spiro atoms. The average molecular weight is 496 g/mol. The SMILES string of the molecule is Cc1ccc(-c2nc3c(nc2-c2ccc(C)cc2)N(C(C)C)C(CCCCCc2nn[nH]n2)CC3)cc1. The third-order valence-corrected chi connectivity index (χ3v) is 7.33. The van der Waals surface area contributed by atoms with E-state index in [-0.39, 0.29) is 0 Å². The average Bonchev–Trinajstić information content (AvgIpc) is 3.42. The Kier molecular flexibility index (Phi) is 7.58. The molecule has 0 saturated heterocycles. The van der Waals surface area contributed by atoms with E-state index in [1.54, 1.807) is 0 Å². The van der Waals surface area contributed by atoms with E-state index < -0.39 is 0 Å². The summed E-state index contributed by atoms with van der Waals surface area (Å²) in [7, 11) is 0. The lowest BCUT2D eigenvalue weighted by Crippen LogP contribution is -2.45. The number of H-pyrrole nitrogens is 1. The highest BCUT2D eigenvalue weighted by Crippen LogP contribution is 2.38. The Labute approximate surface area is 219 Å². The van der Waals surface area contributed by atoms with Crippen molar-refractivity contribution < 1.29 is 0 Å². The zero-order valence-corrected chi connectivity index (χ0v) is 22.4. The second kappa shape index (κ2) is 11.2. The van der Waals surface area contributed by atoms with Crippen LogP contribution >= 0.6 is 0 Å². The summed E-state index contributed by atoms with van der Waals surface area (Å²) in [6.45, 7) is 8.80. The Hall–Kier alpha value is -3.61. The molecular weight excluding hydrogens is 458 g/mol. The third kappa shape index (κ3) is 5.71. The lowest BCUT2D eigenvalue weighted by Gasteiger charge is -2.41. The van der Waals surface area contributed by atoms with Gasteiger partial charge >= 0.3 is 0 Å². The maximum Gasteiger partial charge on any atom is 0.174 e. The molecule has 1 aliphatic rings. The zero-order chi connectivity index (χ0) is 25.8. The second-order valence-electron chi connectivity index (χ2n) is 10.5. The number of tetrazole rings is 1. The highest BCUT2D eigenvalue weighted by atomic mass is 15.5. The van der Waals surface area contributed by atoms with Crippen molar-refractivity contribution in [2.24, 2.45) is 0 Å². The van der Waals surface area contributed by atoms with Crippen LogP contribution in [0.5, 0.6) is 0 Å². The molecule has 0 amide bonds. The van der Waals surface area contributed by atoms with Gasteiger partial charge in [-0.2, -0.15) is 5.21 Å². The van der Waals surface area contributed by atoms with Crippen molar-refractivity contribution in [3.05, 3.63) is 71.2 Å². The van der Waals surface area contributed by atoms with Gasteiger partial charge in [-0.05, 0) is 53.4 Å². The van der Waals surface area contributed by atoms with E-state index in [1.807, 2.05) is 0 Å². The van der Waals surface area contributed by atoms with Gasteiger partial charge < -0.3 is 4.90 Å². The lowest BCUT2D eigenvalue weighted by molar-refractivity contribution is 0.437. The Morgan fingerprint density at radius 1 is 0.865 bits per heavy atom. The highest BCUT2D eigenvalue weighted by Gasteiger charge is 2.31. The molecule has 1 atom stereocenters. The fraction of sp³-hybridized carbons (Fsp3) is 0.433. The summed E-state index contributed by atoms with van der Waals surface area (Å²) in [4.78, 5) is 13.2. The largest absolute Gasteiger partial charge is 0.350 e. The molecule has 7 nitrogen and oxygen atoms in total. The molecule has 1 unspecified atom stereocenters. The van der Waals surface area contributed by atoms with Gasteiger partial charge in [-0.15, -0.1) is 10.2 Å². The number of hydrogen-bond acceptors (Lipinski definition) is 6. The Balaban J connectivity index is 1.43. The van der Waals surface area contributed by atoms with Gasteiger partial charge in [0.25, 0.3) is 0 Å². The molecule has 7 heteroatoms. The molecule has 1 N–H and O–H groups in total. The van der Waals surface area contributed by atoms with Crippen LogP contribution in [0, 0.1) is 13.8 Å². The van der Waals surface area contributed by atoms with Crippen molar-refractivity contribution in [3.8, 4) is 22.5 Å². The van der Waals surface area contributed by atoms with E-state index >= 15 is 0 Å². The summed E-state index contributed by atoms with van der Waals surface area (Å²) in [5.74, 6) is 1.86. The van der Waals surface area contributed by atoms with Gasteiger partial charge in [0, 0.05) is 29.6 Å². The van der Waals surface area contributed by atoms with E-state index in [9.17, 15) is 0 Å². The third-order valence-electron chi connectivity index (χ3n) is 7.33. The van der Waals surface area contributed by atoms with Crippen LogP contribution < -0.4 is 4.90 Å². The van der Waals surface area contributed by atoms with Crippen molar-refractivity contribution in [1.82, 2.24) is 30.6 Å². The minimum absolute atomic E-state index is 0.355. The fourth-order valence-electron chi connectivity index (χ4n) is 5.35. The number of unbranched alkanes of at least 4 members (excludes halogenated alkanes) is 2. The number of aromatic nitrogens is 6. The smallest absolute Gasteiger partial charge is 0.174 e. The number of aryl methyl sites for hydroxylation is 4. The number of nitrogens with one attached hydrogen (secondary N) is 1. The first kappa shape index (κ1) is 25.1. The van der Waals surface area contributed by atoms with Crippen LogP contribution in [0.2, 0.25) is 0 Å². The second-order valence-corrected chi connectivity index (χ2v) is 10.5. The van der Waals surface area contributed by atoms with E-state index in [4.69, 9.17) is 9.97 Å². The summed E-state index contributed by atoms with van der Waals surface area (Å²) in [6, 6.07) is 18.2. The standard InChI is InChI=1S/C30H37N7/c1-20(2)37-25(8-6-5-7-9-27-33-35-36-34-27)18-19-26-30(37)32-29(24-16-12-22(4)13-17-24)28(31-26)23-14-10-21(3)11-15-23/h10-17,20,25H,5-9,18-19H2,1-4H3,(H,33,34,35,36). The van der Waals surface area contributed by atoms with Crippen molar-refractivity contribution in [3.63, 3.8) is 0 Å². The van der Waals surface area contributed by atoms with Crippen LogP contribution in [-0.2, 0) is 12.8 Å². The molecule has 4 aromatic rings. The summed E-state index contributed by atoms with van der Waals surface area (Å²) < 4.78 is 0. The Bertz CT molecular complexity index is 1300.